The normalized spacial score (nSPS) is 15.6. The molecular formula is C23H28N2O3. The van der Waals surface area contributed by atoms with Gasteiger partial charge in [-0.05, 0) is 36.1 Å². The SMILES string of the molecule is COc1cccc(CN(C(=O)C2CCCCC2)[C@@H](C(N)=O)c2ccccc2)c1. The Bertz CT molecular complexity index is 801. The van der Waals surface area contributed by atoms with Crippen molar-refractivity contribution in [2.45, 2.75) is 44.7 Å². The quantitative estimate of drug-likeness (QED) is 0.793. The Morgan fingerprint density at radius 2 is 1.79 bits per heavy atom. The van der Waals surface area contributed by atoms with Crippen molar-refractivity contribution < 1.29 is 14.3 Å². The molecule has 0 bridgehead atoms. The summed E-state index contributed by atoms with van der Waals surface area (Å²) in [4.78, 5) is 27.6. The van der Waals surface area contributed by atoms with Crippen LogP contribution in [0.2, 0.25) is 0 Å². The number of carbonyl (C=O) groups is 2. The van der Waals surface area contributed by atoms with Gasteiger partial charge in [0.15, 0.2) is 0 Å². The minimum absolute atomic E-state index is 0.00942. The van der Waals surface area contributed by atoms with E-state index in [1.807, 2.05) is 54.6 Å². The fourth-order valence-corrected chi connectivity index (χ4v) is 3.98. The van der Waals surface area contributed by atoms with Gasteiger partial charge in [0.2, 0.25) is 11.8 Å². The number of amides is 2. The van der Waals surface area contributed by atoms with Gasteiger partial charge in [0, 0.05) is 12.5 Å². The summed E-state index contributed by atoms with van der Waals surface area (Å²) in [6.07, 6.45) is 5.00. The Morgan fingerprint density at radius 1 is 1.07 bits per heavy atom. The predicted molar refractivity (Wildman–Crippen MR) is 108 cm³/mol. The van der Waals surface area contributed by atoms with Gasteiger partial charge in [-0.2, -0.15) is 0 Å². The first kappa shape index (κ1) is 19.9. The Morgan fingerprint density at radius 3 is 2.43 bits per heavy atom. The molecule has 5 nitrogen and oxygen atoms in total. The van der Waals surface area contributed by atoms with E-state index in [-0.39, 0.29) is 11.8 Å². The van der Waals surface area contributed by atoms with E-state index in [2.05, 4.69) is 0 Å². The molecular weight excluding hydrogens is 352 g/mol. The van der Waals surface area contributed by atoms with E-state index in [1.165, 1.54) is 0 Å². The van der Waals surface area contributed by atoms with Crippen LogP contribution in [0.1, 0.15) is 49.3 Å². The molecule has 2 N–H and O–H groups in total. The molecule has 0 aromatic heterocycles. The highest BCUT2D eigenvalue weighted by atomic mass is 16.5. The van der Waals surface area contributed by atoms with Crippen molar-refractivity contribution in [1.82, 2.24) is 4.90 Å². The van der Waals surface area contributed by atoms with Crippen LogP contribution in [0.3, 0.4) is 0 Å². The maximum Gasteiger partial charge on any atom is 0.244 e. The number of nitrogens with zero attached hydrogens (tertiary/aromatic N) is 1. The summed E-state index contributed by atoms with van der Waals surface area (Å²) in [5.74, 6) is 0.163. The fraction of sp³-hybridized carbons (Fsp3) is 0.391. The maximum atomic E-state index is 13.5. The molecule has 0 spiro atoms. The summed E-state index contributed by atoms with van der Waals surface area (Å²) in [5, 5.41) is 0. The van der Waals surface area contributed by atoms with Crippen LogP contribution in [0.4, 0.5) is 0 Å². The molecule has 3 rings (SSSR count). The molecule has 0 unspecified atom stereocenters. The van der Waals surface area contributed by atoms with Gasteiger partial charge < -0.3 is 15.4 Å². The molecule has 2 aromatic carbocycles. The third-order valence-corrected chi connectivity index (χ3v) is 5.42. The average Bonchev–Trinajstić information content (AvgIpc) is 2.74. The van der Waals surface area contributed by atoms with E-state index in [4.69, 9.17) is 10.5 Å². The van der Waals surface area contributed by atoms with Crippen molar-refractivity contribution in [3.05, 3.63) is 65.7 Å². The van der Waals surface area contributed by atoms with Crippen molar-refractivity contribution in [2.75, 3.05) is 7.11 Å². The first-order chi connectivity index (χ1) is 13.6. The van der Waals surface area contributed by atoms with E-state index in [1.54, 1.807) is 12.0 Å². The zero-order valence-corrected chi connectivity index (χ0v) is 16.3. The Kier molecular flexibility index (Phi) is 6.69. The van der Waals surface area contributed by atoms with Crippen molar-refractivity contribution in [1.29, 1.82) is 0 Å². The summed E-state index contributed by atoms with van der Waals surface area (Å²) < 4.78 is 5.31. The van der Waals surface area contributed by atoms with Crippen LogP contribution in [0.15, 0.2) is 54.6 Å². The van der Waals surface area contributed by atoms with Crippen LogP contribution in [0, 0.1) is 5.92 Å². The van der Waals surface area contributed by atoms with Crippen molar-refractivity contribution in [2.24, 2.45) is 11.7 Å². The first-order valence-electron chi connectivity index (χ1n) is 9.88. The monoisotopic (exact) mass is 380 g/mol. The second kappa shape index (κ2) is 9.40. The first-order valence-corrected chi connectivity index (χ1v) is 9.88. The average molecular weight is 380 g/mol. The summed E-state index contributed by atoms with van der Waals surface area (Å²) >= 11 is 0. The van der Waals surface area contributed by atoms with Crippen LogP contribution < -0.4 is 10.5 Å². The topological polar surface area (TPSA) is 72.6 Å². The van der Waals surface area contributed by atoms with Gasteiger partial charge in [-0.1, -0.05) is 61.7 Å². The van der Waals surface area contributed by atoms with E-state index < -0.39 is 11.9 Å². The van der Waals surface area contributed by atoms with E-state index in [0.717, 1.165) is 49.0 Å². The second-order valence-electron chi connectivity index (χ2n) is 7.37. The summed E-state index contributed by atoms with van der Waals surface area (Å²) in [6, 6.07) is 16.1. The number of rotatable bonds is 7. The minimum atomic E-state index is -0.790. The van der Waals surface area contributed by atoms with Crippen LogP contribution in [0.25, 0.3) is 0 Å². The van der Waals surface area contributed by atoms with Crippen molar-refractivity contribution >= 4 is 11.8 Å². The predicted octanol–water partition coefficient (Wildman–Crippen LogP) is 3.83. The fourth-order valence-electron chi connectivity index (χ4n) is 3.98. The summed E-state index contributed by atoms with van der Waals surface area (Å²) in [5.41, 5.74) is 7.44. The highest BCUT2D eigenvalue weighted by molar-refractivity contribution is 5.88. The largest absolute Gasteiger partial charge is 0.497 e. The van der Waals surface area contributed by atoms with Gasteiger partial charge in [-0.25, -0.2) is 0 Å². The van der Waals surface area contributed by atoms with Gasteiger partial charge in [-0.3, -0.25) is 9.59 Å². The molecule has 0 saturated heterocycles. The lowest BCUT2D eigenvalue weighted by Gasteiger charge is -2.34. The van der Waals surface area contributed by atoms with Gasteiger partial charge in [0.25, 0.3) is 0 Å². The molecule has 2 aromatic rings. The maximum absolute atomic E-state index is 13.5. The highest BCUT2D eigenvalue weighted by Crippen LogP contribution is 2.31. The van der Waals surface area contributed by atoms with E-state index >= 15 is 0 Å². The Labute approximate surface area is 166 Å². The second-order valence-corrected chi connectivity index (χ2v) is 7.37. The van der Waals surface area contributed by atoms with Gasteiger partial charge in [0.05, 0.1) is 7.11 Å². The molecule has 1 saturated carbocycles. The number of ether oxygens (including phenoxy) is 1. The van der Waals surface area contributed by atoms with Gasteiger partial charge in [-0.15, -0.1) is 0 Å². The van der Waals surface area contributed by atoms with E-state index in [9.17, 15) is 9.59 Å². The Balaban J connectivity index is 1.96. The molecule has 0 radical (unpaired) electrons. The molecule has 28 heavy (non-hydrogen) atoms. The number of benzene rings is 2. The smallest absolute Gasteiger partial charge is 0.244 e. The lowest BCUT2D eigenvalue weighted by Crippen LogP contribution is -2.44. The zero-order valence-electron chi connectivity index (χ0n) is 16.3. The third kappa shape index (κ3) is 4.71. The lowest BCUT2D eigenvalue weighted by molar-refractivity contribution is -0.144. The number of hydrogen-bond donors (Lipinski definition) is 1. The number of methoxy groups -OCH3 is 1. The number of nitrogens with two attached hydrogens (primary N) is 1. The third-order valence-electron chi connectivity index (χ3n) is 5.42. The Hall–Kier alpha value is -2.82. The molecule has 0 aliphatic heterocycles. The molecule has 0 heterocycles. The zero-order chi connectivity index (χ0) is 19.9. The summed E-state index contributed by atoms with van der Waals surface area (Å²) in [6.45, 7) is 0.315. The van der Waals surface area contributed by atoms with Gasteiger partial charge >= 0.3 is 0 Å². The van der Waals surface area contributed by atoms with Crippen LogP contribution in [0.5, 0.6) is 5.75 Å². The molecule has 1 atom stereocenters. The molecule has 1 aliphatic rings. The van der Waals surface area contributed by atoms with E-state index in [0.29, 0.717) is 6.54 Å². The lowest BCUT2D eigenvalue weighted by atomic mass is 9.87. The van der Waals surface area contributed by atoms with Crippen molar-refractivity contribution in [3.63, 3.8) is 0 Å². The highest BCUT2D eigenvalue weighted by Gasteiger charge is 2.34. The van der Waals surface area contributed by atoms with Crippen LogP contribution >= 0.6 is 0 Å². The molecule has 1 fully saturated rings. The summed E-state index contributed by atoms with van der Waals surface area (Å²) in [7, 11) is 1.61. The number of primary amides is 1. The minimum Gasteiger partial charge on any atom is -0.497 e. The number of carbonyl (C=O) groups excluding carboxylic acids is 2. The van der Waals surface area contributed by atoms with Crippen LogP contribution in [-0.2, 0) is 16.1 Å². The molecule has 1 aliphatic carbocycles. The number of hydrogen-bond acceptors (Lipinski definition) is 3. The molecule has 2 amide bonds. The van der Waals surface area contributed by atoms with Crippen LogP contribution in [-0.4, -0.2) is 23.8 Å². The van der Waals surface area contributed by atoms with Gasteiger partial charge in [0.1, 0.15) is 11.8 Å². The molecule has 148 valence electrons. The van der Waals surface area contributed by atoms with Crippen molar-refractivity contribution in [3.8, 4) is 5.75 Å². The standard InChI is InChI=1S/C23H28N2O3/c1-28-20-14-8-9-17(15-20)16-25(23(27)19-12-6-3-7-13-19)21(22(24)26)18-10-4-2-5-11-18/h2,4-5,8-11,14-15,19,21H,3,6-7,12-13,16H2,1H3,(H2,24,26)/t21-/m1/s1. The molecule has 5 heteroatoms.